The molecule has 0 unspecified atom stereocenters. The van der Waals surface area contributed by atoms with Crippen LogP contribution in [0, 0.1) is 5.82 Å². The molecule has 5 aromatic rings. The quantitative estimate of drug-likeness (QED) is 0.389. The van der Waals surface area contributed by atoms with Gasteiger partial charge in [-0.1, -0.05) is 53.2 Å². The highest BCUT2D eigenvalue weighted by Gasteiger charge is 2.17. The van der Waals surface area contributed by atoms with E-state index in [0.29, 0.717) is 32.6 Å². The summed E-state index contributed by atoms with van der Waals surface area (Å²) < 4.78 is 20.6. The maximum Gasteiger partial charge on any atom is 0.262 e. The van der Waals surface area contributed by atoms with Crippen molar-refractivity contribution >= 4 is 22.4 Å². The SMILES string of the molecule is O=c1c2ccccc2c(-c2nc(-c3cccc(F)c3)no2)cn1-c1cccc(Cl)c1. The first-order valence-electron chi connectivity index (χ1n) is 9.10. The molecule has 5 rings (SSSR count). The number of hydrogen-bond acceptors (Lipinski definition) is 4. The molecule has 0 N–H and O–H groups in total. The number of hydrogen-bond donors (Lipinski definition) is 0. The second kappa shape index (κ2) is 7.24. The van der Waals surface area contributed by atoms with Crippen LogP contribution in [0.2, 0.25) is 5.02 Å². The van der Waals surface area contributed by atoms with Crippen LogP contribution in [-0.2, 0) is 0 Å². The highest BCUT2D eigenvalue weighted by Crippen LogP contribution is 2.29. The predicted molar refractivity (Wildman–Crippen MR) is 113 cm³/mol. The van der Waals surface area contributed by atoms with Crippen LogP contribution >= 0.6 is 11.6 Å². The van der Waals surface area contributed by atoms with Crippen LogP contribution in [0.15, 0.2) is 88.3 Å². The fourth-order valence-electron chi connectivity index (χ4n) is 3.36. The molecule has 0 saturated carbocycles. The van der Waals surface area contributed by atoms with Crippen LogP contribution in [-0.4, -0.2) is 14.7 Å². The molecule has 0 aliphatic carbocycles. The van der Waals surface area contributed by atoms with Crippen molar-refractivity contribution in [2.45, 2.75) is 0 Å². The number of pyridine rings is 1. The lowest BCUT2D eigenvalue weighted by molar-refractivity contribution is 0.432. The van der Waals surface area contributed by atoms with Gasteiger partial charge in [-0.15, -0.1) is 0 Å². The van der Waals surface area contributed by atoms with Gasteiger partial charge < -0.3 is 4.52 Å². The summed E-state index contributed by atoms with van der Waals surface area (Å²) in [7, 11) is 0. The minimum absolute atomic E-state index is 0.193. The zero-order valence-electron chi connectivity index (χ0n) is 15.4. The molecule has 0 amide bonds. The third kappa shape index (κ3) is 3.17. The van der Waals surface area contributed by atoms with E-state index in [9.17, 15) is 9.18 Å². The number of rotatable bonds is 3. The Balaban J connectivity index is 1.74. The van der Waals surface area contributed by atoms with E-state index < -0.39 is 0 Å². The van der Waals surface area contributed by atoms with E-state index in [1.165, 1.54) is 16.7 Å². The van der Waals surface area contributed by atoms with Gasteiger partial charge in [0.25, 0.3) is 11.4 Å². The minimum Gasteiger partial charge on any atom is -0.334 e. The van der Waals surface area contributed by atoms with Crippen LogP contribution in [0.3, 0.4) is 0 Å². The van der Waals surface area contributed by atoms with Gasteiger partial charge in [0.1, 0.15) is 5.82 Å². The Morgan fingerprint density at radius 1 is 0.933 bits per heavy atom. The van der Waals surface area contributed by atoms with Crippen LogP contribution in [0.25, 0.3) is 39.3 Å². The maximum atomic E-state index is 13.6. The first-order chi connectivity index (χ1) is 14.6. The number of fused-ring (bicyclic) bond motifs is 1. The lowest BCUT2D eigenvalue weighted by Gasteiger charge is -2.10. The molecule has 30 heavy (non-hydrogen) atoms. The number of aromatic nitrogens is 3. The lowest BCUT2D eigenvalue weighted by atomic mass is 10.1. The molecule has 5 nitrogen and oxygen atoms in total. The normalized spacial score (nSPS) is 11.1. The average Bonchev–Trinajstić information content (AvgIpc) is 3.24. The molecule has 0 saturated heterocycles. The van der Waals surface area contributed by atoms with Gasteiger partial charge >= 0.3 is 0 Å². The molecule has 146 valence electrons. The van der Waals surface area contributed by atoms with Crippen molar-refractivity contribution < 1.29 is 8.91 Å². The topological polar surface area (TPSA) is 60.9 Å². The van der Waals surface area contributed by atoms with Crippen LogP contribution in [0.1, 0.15) is 0 Å². The number of halogens is 2. The molecule has 0 aliphatic rings. The Kier molecular flexibility index (Phi) is 4.41. The molecule has 0 fully saturated rings. The van der Waals surface area contributed by atoms with Gasteiger partial charge in [-0.05, 0) is 36.4 Å². The molecule has 0 radical (unpaired) electrons. The van der Waals surface area contributed by atoms with E-state index in [4.69, 9.17) is 16.1 Å². The van der Waals surface area contributed by atoms with Gasteiger partial charge in [0.2, 0.25) is 5.82 Å². The van der Waals surface area contributed by atoms with E-state index in [0.717, 1.165) is 0 Å². The zero-order chi connectivity index (χ0) is 20.7. The van der Waals surface area contributed by atoms with E-state index in [-0.39, 0.29) is 23.1 Å². The third-order valence-corrected chi connectivity index (χ3v) is 4.99. The number of nitrogens with zero attached hydrogens (tertiary/aromatic N) is 3. The first-order valence-corrected chi connectivity index (χ1v) is 9.48. The smallest absolute Gasteiger partial charge is 0.262 e. The van der Waals surface area contributed by atoms with Gasteiger partial charge in [0, 0.05) is 27.6 Å². The van der Waals surface area contributed by atoms with Crippen molar-refractivity contribution in [2.24, 2.45) is 0 Å². The van der Waals surface area contributed by atoms with Crippen molar-refractivity contribution in [3.8, 4) is 28.5 Å². The molecular weight excluding hydrogens is 405 g/mol. The highest BCUT2D eigenvalue weighted by molar-refractivity contribution is 6.30. The van der Waals surface area contributed by atoms with Crippen LogP contribution < -0.4 is 5.56 Å². The predicted octanol–water partition coefficient (Wildman–Crippen LogP) is 5.50. The molecule has 2 heterocycles. The molecule has 0 aliphatic heterocycles. The summed E-state index contributed by atoms with van der Waals surface area (Å²) in [6, 6.07) is 20.1. The molecule has 0 bridgehead atoms. The molecule has 0 spiro atoms. The fraction of sp³-hybridized carbons (Fsp3) is 0. The largest absolute Gasteiger partial charge is 0.334 e. The maximum absolute atomic E-state index is 13.6. The average molecular weight is 418 g/mol. The Labute approximate surface area is 175 Å². The summed E-state index contributed by atoms with van der Waals surface area (Å²) in [6.07, 6.45) is 1.65. The minimum atomic E-state index is -0.390. The van der Waals surface area contributed by atoms with Gasteiger partial charge in [-0.25, -0.2) is 4.39 Å². The Morgan fingerprint density at radius 2 is 1.73 bits per heavy atom. The Hall–Kier alpha value is -3.77. The van der Waals surface area contributed by atoms with Gasteiger partial charge in [0.05, 0.1) is 11.3 Å². The van der Waals surface area contributed by atoms with Crippen molar-refractivity contribution in [3.63, 3.8) is 0 Å². The van der Waals surface area contributed by atoms with Gasteiger partial charge in [-0.2, -0.15) is 4.98 Å². The summed E-state index contributed by atoms with van der Waals surface area (Å²) >= 11 is 6.12. The molecular formula is C23H13ClFN3O2. The van der Waals surface area contributed by atoms with Crippen LogP contribution in [0.5, 0.6) is 0 Å². The van der Waals surface area contributed by atoms with Gasteiger partial charge in [-0.3, -0.25) is 9.36 Å². The van der Waals surface area contributed by atoms with Crippen molar-refractivity contribution in [1.29, 1.82) is 0 Å². The monoisotopic (exact) mass is 417 g/mol. The molecule has 0 atom stereocenters. The Morgan fingerprint density at radius 3 is 2.53 bits per heavy atom. The van der Waals surface area contributed by atoms with Crippen molar-refractivity contribution in [1.82, 2.24) is 14.7 Å². The fourth-order valence-corrected chi connectivity index (χ4v) is 3.54. The molecule has 3 aromatic carbocycles. The van der Waals surface area contributed by atoms with E-state index >= 15 is 0 Å². The van der Waals surface area contributed by atoms with Gasteiger partial charge in [0.15, 0.2) is 0 Å². The summed E-state index contributed by atoms with van der Waals surface area (Å²) in [6.45, 7) is 0. The zero-order valence-corrected chi connectivity index (χ0v) is 16.2. The van der Waals surface area contributed by atoms with E-state index in [2.05, 4.69) is 10.1 Å². The van der Waals surface area contributed by atoms with Crippen molar-refractivity contribution in [3.05, 3.63) is 100 Å². The summed E-state index contributed by atoms with van der Waals surface area (Å²) in [5.74, 6) is 0.0918. The third-order valence-electron chi connectivity index (χ3n) is 4.75. The lowest BCUT2D eigenvalue weighted by Crippen LogP contribution is -2.18. The van der Waals surface area contributed by atoms with Crippen molar-refractivity contribution in [2.75, 3.05) is 0 Å². The second-order valence-electron chi connectivity index (χ2n) is 6.68. The second-order valence-corrected chi connectivity index (χ2v) is 7.11. The van der Waals surface area contributed by atoms with E-state index in [1.54, 1.807) is 54.7 Å². The van der Waals surface area contributed by atoms with E-state index in [1.807, 2.05) is 12.1 Å². The Bertz CT molecular complexity index is 1460. The summed E-state index contributed by atoms with van der Waals surface area (Å²) in [5.41, 5.74) is 1.50. The first kappa shape index (κ1) is 18.3. The molecule has 7 heteroatoms. The summed E-state index contributed by atoms with van der Waals surface area (Å²) in [4.78, 5) is 17.5. The van der Waals surface area contributed by atoms with Crippen LogP contribution in [0.4, 0.5) is 4.39 Å². The summed E-state index contributed by atoms with van der Waals surface area (Å²) in [5, 5.41) is 5.68. The highest BCUT2D eigenvalue weighted by atomic mass is 35.5. The molecule has 2 aromatic heterocycles. The number of benzene rings is 3. The standard InChI is InChI=1S/C23H13ClFN3O2/c24-15-6-4-8-17(12-15)28-13-20(18-9-1-2-10-19(18)23(28)29)22-26-21(27-30-22)14-5-3-7-16(25)11-14/h1-13H.